The number of aliphatic hydroxyl groups excluding tert-OH is 1. The fraction of sp³-hybridized carbons (Fsp3) is 0.731. The maximum Gasteiger partial charge on any atom is 0.312 e. The summed E-state index contributed by atoms with van der Waals surface area (Å²) in [5, 5.41) is 10.1. The average Bonchev–Trinajstić information content (AvgIpc) is 3.54. The molecule has 4 heterocycles. The first-order valence-corrected chi connectivity index (χ1v) is 13.0. The van der Waals surface area contributed by atoms with Gasteiger partial charge in [0, 0.05) is 32.7 Å². The van der Waals surface area contributed by atoms with E-state index in [1.807, 2.05) is 6.92 Å². The van der Waals surface area contributed by atoms with Gasteiger partial charge in [-0.15, -0.1) is 6.58 Å². The molecule has 2 unspecified atom stereocenters. The number of rotatable bonds is 12. The molecule has 10 heteroatoms. The molecule has 4 fully saturated rings. The molecule has 4 aliphatic rings. The van der Waals surface area contributed by atoms with Gasteiger partial charge in [-0.05, 0) is 19.3 Å². The molecule has 4 rings (SSSR count). The van der Waals surface area contributed by atoms with Crippen molar-refractivity contribution in [1.82, 2.24) is 14.7 Å². The van der Waals surface area contributed by atoms with Crippen LogP contribution in [0.3, 0.4) is 0 Å². The normalized spacial score (nSPS) is 32.3. The Bertz CT molecular complexity index is 856. The number of hydrogen-bond donors (Lipinski definition) is 1. The number of amides is 2. The topological polar surface area (TPSA) is 109 Å². The van der Waals surface area contributed by atoms with E-state index in [0.717, 1.165) is 13.1 Å². The molecular formula is C26H39N3O7. The Balaban J connectivity index is 1.65. The number of aliphatic hydroxyl groups is 1. The van der Waals surface area contributed by atoms with Crippen LogP contribution in [0.4, 0.5) is 0 Å². The van der Waals surface area contributed by atoms with Crippen molar-refractivity contribution in [2.24, 2.45) is 11.8 Å². The van der Waals surface area contributed by atoms with Crippen LogP contribution in [0.25, 0.3) is 0 Å². The minimum absolute atomic E-state index is 0.0465. The number of fused-ring (bicyclic) bond motifs is 1. The predicted molar refractivity (Wildman–Crippen MR) is 131 cm³/mol. The van der Waals surface area contributed by atoms with Gasteiger partial charge in [-0.1, -0.05) is 25.7 Å². The lowest BCUT2D eigenvalue weighted by atomic mass is 9.70. The van der Waals surface area contributed by atoms with E-state index in [-0.39, 0.29) is 25.0 Å². The Kier molecular flexibility index (Phi) is 8.49. The number of morpholine rings is 1. The van der Waals surface area contributed by atoms with E-state index < -0.39 is 41.6 Å². The summed E-state index contributed by atoms with van der Waals surface area (Å²) < 4.78 is 17.2. The van der Waals surface area contributed by atoms with Crippen LogP contribution < -0.4 is 0 Å². The first-order chi connectivity index (χ1) is 17.4. The van der Waals surface area contributed by atoms with Crippen molar-refractivity contribution < 1.29 is 33.7 Å². The molecule has 6 atom stereocenters. The van der Waals surface area contributed by atoms with E-state index in [1.165, 1.54) is 11.0 Å². The molecule has 36 heavy (non-hydrogen) atoms. The summed E-state index contributed by atoms with van der Waals surface area (Å²) in [6.07, 6.45) is 4.24. The van der Waals surface area contributed by atoms with Crippen LogP contribution in [0.5, 0.6) is 0 Å². The Morgan fingerprint density at radius 3 is 2.69 bits per heavy atom. The van der Waals surface area contributed by atoms with Crippen LogP contribution in [-0.2, 0) is 28.6 Å². The molecule has 4 saturated heterocycles. The van der Waals surface area contributed by atoms with Gasteiger partial charge in [-0.25, -0.2) is 0 Å². The van der Waals surface area contributed by atoms with E-state index in [0.29, 0.717) is 52.1 Å². The van der Waals surface area contributed by atoms with E-state index >= 15 is 0 Å². The van der Waals surface area contributed by atoms with Crippen LogP contribution in [0.15, 0.2) is 25.3 Å². The fourth-order valence-corrected chi connectivity index (χ4v) is 6.39. The van der Waals surface area contributed by atoms with Gasteiger partial charge in [0.15, 0.2) is 0 Å². The molecule has 1 spiro atoms. The summed E-state index contributed by atoms with van der Waals surface area (Å²) in [6, 6.07) is -1.47. The number of hydrogen-bond acceptors (Lipinski definition) is 8. The monoisotopic (exact) mass is 505 g/mol. The lowest BCUT2D eigenvalue weighted by Crippen LogP contribution is -2.59. The molecule has 1 N–H and O–H groups in total. The minimum atomic E-state index is -1.11. The largest absolute Gasteiger partial charge is 0.461 e. The second-order valence-electron chi connectivity index (χ2n) is 9.99. The van der Waals surface area contributed by atoms with Crippen LogP contribution in [0.1, 0.15) is 26.2 Å². The molecular weight excluding hydrogens is 466 g/mol. The predicted octanol–water partition coefficient (Wildman–Crippen LogP) is 0.208. The summed E-state index contributed by atoms with van der Waals surface area (Å²) in [7, 11) is 0. The Hall–Kier alpha value is -2.27. The third-order valence-electron chi connectivity index (χ3n) is 8.11. The number of esters is 1. The number of carbonyl (C=O) groups is 3. The van der Waals surface area contributed by atoms with Gasteiger partial charge in [-0.2, -0.15) is 0 Å². The first-order valence-electron chi connectivity index (χ1n) is 13.0. The van der Waals surface area contributed by atoms with E-state index in [1.54, 1.807) is 11.0 Å². The van der Waals surface area contributed by atoms with Crippen LogP contribution in [0, 0.1) is 11.8 Å². The molecule has 0 aromatic carbocycles. The zero-order valence-corrected chi connectivity index (χ0v) is 21.2. The van der Waals surface area contributed by atoms with Gasteiger partial charge in [0.1, 0.15) is 18.2 Å². The lowest BCUT2D eigenvalue weighted by molar-refractivity contribution is -0.156. The SMILES string of the molecule is C=CCOC(=O)[C@@H]1[C@H]2C(=O)N([C@@H](CC)CO)C(C(=O)N(CC=C)CCN3CCOCC3)C23CC[C@H]1O3. The van der Waals surface area contributed by atoms with Gasteiger partial charge in [0.05, 0.1) is 43.8 Å². The summed E-state index contributed by atoms with van der Waals surface area (Å²) >= 11 is 0. The standard InChI is InChI=1S/C26H39N3O7/c1-4-9-28(11-10-27-12-15-34-16-13-27)24(32)22-26-8-7-19(36-26)20(25(33)35-14-5-2)21(26)23(31)29(22)18(6-3)17-30/h4-5,18-22,30H,1-2,6-17H2,3H3/t18-,19+,20-,21-,22?,26?/m0/s1. The Morgan fingerprint density at radius 2 is 2.06 bits per heavy atom. The van der Waals surface area contributed by atoms with Crippen LogP contribution in [-0.4, -0.2) is 121 Å². The number of likely N-dealkylation sites (tertiary alicyclic amines) is 1. The highest BCUT2D eigenvalue weighted by atomic mass is 16.6. The number of carbonyl (C=O) groups excluding carboxylic acids is 3. The van der Waals surface area contributed by atoms with Crippen molar-refractivity contribution in [2.45, 2.75) is 50.0 Å². The molecule has 0 aromatic rings. The highest BCUT2D eigenvalue weighted by Gasteiger charge is 2.75. The van der Waals surface area contributed by atoms with Gasteiger partial charge < -0.3 is 29.1 Å². The molecule has 0 radical (unpaired) electrons. The fourth-order valence-electron chi connectivity index (χ4n) is 6.39. The third kappa shape index (κ3) is 4.60. The first kappa shape index (κ1) is 26.8. The molecule has 10 nitrogen and oxygen atoms in total. The lowest BCUT2D eigenvalue weighted by Gasteiger charge is -2.39. The maximum absolute atomic E-state index is 14.2. The van der Waals surface area contributed by atoms with Crippen molar-refractivity contribution in [3.63, 3.8) is 0 Å². The average molecular weight is 506 g/mol. The minimum Gasteiger partial charge on any atom is -0.461 e. The van der Waals surface area contributed by atoms with Gasteiger partial charge in [-0.3, -0.25) is 19.3 Å². The van der Waals surface area contributed by atoms with Crippen molar-refractivity contribution in [3.8, 4) is 0 Å². The summed E-state index contributed by atoms with van der Waals surface area (Å²) in [5.41, 5.74) is -1.11. The van der Waals surface area contributed by atoms with E-state index in [2.05, 4.69) is 18.1 Å². The van der Waals surface area contributed by atoms with Crippen molar-refractivity contribution in [1.29, 1.82) is 0 Å². The maximum atomic E-state index is 14.2. The highest BCUT2D eigenvalue weighted by molar-refractivity contribution is 5.98. The van der Waals surface area contributed by atoms with Crippen molar-refractivity contribution >= 4 is 17.8 Å². The second kappa shape index (κ2) is 11.4. The van der Waals surface area contributed by atoms with Gasteiger partial charge >= 0.3 is 5.97 Å². The zero-order chi connectivity index (χ0) is 25.9. The van der Waals surface area contributed by atoms with Crippen molar-refractivity contribution in [2.75, 3.05) is 59.2 Å². The third-order valence-corrected chi connectivity index (χ3v) is 8.11. The summed E-state index contributed by atoms with van der Waals surface area (Å²) in [6.45, 7) is 13.5. The quantitative estimate of drug-likeness (QED) is 0.296. The zero-order valence-electron chi connectivity index (χ0n) is 21.2. The second-order valence-corrected chi connectivity index (χ2v) is 9.99. The molecule has 2 bridgehead atoms. The number of ether oxygens (including phenoxy) is 3. The van der Waals surface area contributed by atoms with Gasteiger partial charge in [0.2, 0.25) is 11.8 Å². The van der Waals surface area contributed by atoms with Crippen LogP contribution in [0.2, 0.25) is 0 Å². The molecule has 2 amide bonds. The smallest absolute Gasteiger partial charge is 0.312 e. The molecule has 200 valence electrons. The Labute approximate surface area is 212 Å². The Morgan fingerprint density at radius 1 is 1.31 bits per heavy atom. The van der Waals surface area contributed by atoms with E-state index in [4.69, 9.17) is 14.2 Å². The molecule has 0 aliphatic carbocycles. The summed E-state index contributed by atoms with van der Waals surface area (Å²) in [5.74, 6) is -2.63. The van der Waals surface area contributed by atoms with Crippen LogP contribution >= 0.6 is 0 Å². The van der Waals surface area contributed by atoms with E-state index in [9.17, 15) is 19.5 Å². The van der Waals surface area contributed by atoms with Gasteiger partial charge in [0.25, 0.3) is 0 Å². The summed E-state index contributed by atoms with van der Waals surface area (Å²) in [4.78, 5) is 46.6. The highest BCUT2D eigenvalue weighted by Crippen LogP contribution is 2.59. The molecule has 4 aliphatic heterocycles. The molecule has 0 aromatic heterocycles. The van der Waals surface area contributed by atoms with Crippen molar-refractivity contribution in [3.05, 3.63) is 25.3 Å². The molecule has 0 saturated carbocycles. The number of nitrogens with zero attached hydrogens (tertiary/aromatic N) is 3.